The largest absolute Gasteiger partial charge is 0.353 e. The second-order valence-electron chi connectivity index (χ2n) is 3.62. The highest BCUT2D eigenvalue weighted by Gasteiger charge is 2.09. The van der Waals surface area contributed by atoms with E-state index >= 15 is 0 Å². The van der Waals surface area contributed by atoms with Gasteiger partial charge in [-0.2, -0.15) is 0 Å². The van der Waals surface area contributed by atoms with Crippen molar-refractivity contribution in [3.63, 3.8) is 0 Å². The molecular weight excluding hydrogens is 277 g/mol. The lowest BCUT2D eigenvalue weighted by Crippen LogP contribution is -2.18. The monoisotopic (exact) mass is 287 g/mol. The fraction of sp³-hybridized carbons (Fsp3) is 0.273. The van der Waals surface area contributed by atoms with Crippen molar-refractivity contribution in [1.29, 1.82) is 0 Å². The number of alkyl halides is 1. The van der Waals surface area contributed by atoms with Gasteiger partial charge in [-0.3, -0.25) is 0 Å². The van der Waals surface area contributed by atoms with E-state index in [1.807, 2.05) is 28.9 Å². The first-order valence-electron chi connectivity index (χ1n) is 4.99. The van der Waals surface area contributed by atoms with Crippen LogP contribution in [-0.4, -0.2) is 17.0 Å². The summed E-state index contributed by atoms with van der Waals surface area (Å²) in [6, 6.07) is 1.84. The van der Waals surface area contributed by atoms with Crippen molar-refractivity contribution in [2.75, 3.05) is 11.9 Å². The summed E-state index contributed by atoms with van der Waals surface area (Å²) < 4.78 is 0. The van der Waals surface area contributed by atoms with E-state index in [-0.39, 0.29) is 0 Å². The van der Waals surface area contributed by atoms with E-state index in [1.54, 1.807) is 17.5 Å². The van der Waals surface area contributed by atoms with Crippen LogP contribution in [0.5, 0.6) is 0 Å². The highest BCUT2D eigenvalue weighted by molar-refractivity contribution is 7.07. The van der Waals surface area contributed by atoms with Crippen LogP contribution in [0, 0.1) is 0 Å². The molecule has 0 saturated carbocycles. The molecule has 0 radical (unpaired) electrons. The van der Waals surface area contributed by atoms with Gasteiger partial charge in [0.15, 0.2) is 0 Å². The molecule has 2 heterocycles. The number of halogens is 2. The number of pyridine rings is 1. The van der Waals surface area contributed by atoms with Crippen molar-refractivity contribution in [3.05, 3.63) is 39.4 Å². The number of aromatic nitrogens is 2. The highest BCUT2D eigenvalue weighted by Crippen LogP contribution is 2.24. The average molecular weight is 288 g/mol. The maximum atomic E-state index is 6.16. The zero-order chi connectivity index (χ0) is 12.3. The molecule has 0 fully saturated rings. The van der Waals surface area contributed by atoms with Crippen LogP contribution in [0.1, 0.15) is 11.3 Å². The first kappa shape index (κ1) is 12.6. The van der Waals surface area contributed by atoms with Gasteiger partial charge in [0.25, 0.3) is 0 Å². The Balaban J connectivity index is 2.16. The summed E-state index contributed by atoms with van der Waals surface area (Å²) >= 11 is 13.5. The van der Waals surface area contributed by atoms with Crippen molar-refractivity contribution in [2.24, 2.45) is 0 Å². The predicted molar refractivity (Wildman–Crippen MR) is 73.0 cm³/mol. The summed E-state index contributed by atoms with van der Waals surface area (Å²) in [7, 11) is 1.94. The lowest BCUT2D eigenvalue weighted by Gasteiger charge is -2.18. The number of hydrogen-bond donors (Lipinski definition) is 0. The number of nitrogens with zero attached hydrogens (tertiary/aromatic N) is 3. The summed E-state index contributed by atoms with van der Waals surface area (Å²) in [4.78, 5) is 10.5. The number of thiazole rings is 1. The van der Waals surface area contributed by atoms with Gasteiger partial charge in [-0.15, -0.1) is 22.9 Å². The first-order chi connectivity index (χ1) is 8.20. The molecule has 0 atom stereocenters. The lowest BCUT2D eigenvalue weighted by atomic mass is 10.3. The minimum Gasteiger partial charge on any atom is -0.353 e. The number of rotatable bonds is 4. The number of hydrogen-bond acceptors (Lipinski definition) is 4. The smallest absolute Gasteiger partial charge is 0.147 e. The van der Waals surface area contributed by atoms with Crippen LogP contribution in [0.15, 0.2) is 23.2 Å². The molecular formula is C11H11Cl2N3S. The normalized spacial score (nSPS) is 10.5. The standard InChI is InChI=1S/C11H11Cl2N3S/c1-16(5-9-6-17-7-15-9)11-10(13)2-8(3-12)4-14-11/h2,4,6-7H,3,5H2,1H3. The summed E-state index contributed by atoms with van der Waals surface area (Å²) in [5.74, 6) is 1.16. The van der Waals surface area contributed by atoms with Gasteiger partial charge in [-0.25, -0.2) is 9.97 Å². The zero-order valence-corrected chi connectivity index (χ0v) is 11.6. The lowest BCUT2D eigenvalue weighted by molar-refractivity contribution is 0.873. The Hall–Kier alpha value is -0.840. The van der Waals surface area contributed by atoms with Crippen LogP contribution in [0.2, 0.25) is 5.02 Å². The van der Waals surface area contributed by atoms with Crippen LogP contribution in [0.3, 0.4) is 0 Å². The summed E-state index contributed by atoms with van der Waals surface area (Å²) in [5, 5.41) is 2.62. The number of anilines is 1. The Morgan fingerprint density at radius 2 is 2.24 bits per heavy atom. The van der Waals surface area contributed by atoms with Crippen LogP contribution < -0.4 is 4.90 Å². The van der Waals surface area contributed by atoms with E-state index in [0.29, 0.717) is 17.4 Å². The van der Waals surface area contributed by atoms with Gasteiger partial charge in [0.2, 0.25) is 0 Å². The van der Waals surface area contributed by atoms with Gasteiger partial charge in [0.05, 0.1) is 22.8 Å². The fourth-order valence-corrected chi connectivity index (χ4v) is 2.49. The van der Waals surface area contributed by atoms with Gasteiger partial charge in [-0.05, 0) is 11.6 Å². The molecule has 0 aliphatic heterocycles. The Bertz CT molecular complexity index is 487. The Labute approximate surface area is 114 Å². The third-order valence-electron chi connectivity index (χ3n) is 2.28. The molecule has 0 bridgehead atoms. The molecule has 17 heavy (non-hydrogen) atoms. The quantitative estimate of drug-likeness (QED) is 0.805. The van der Waals surface area contributed by atoms with Gasteiger partial charge >= 0.3 is 0 Å². The van der Waals surface area contributed by atoms with Crippen molar-refractivity contribution in [2.45, 2.75) is 12.4 Å². The Morgan fingerprint density at radius 3 is 2.82 bits per heavy atom. The third kappa shape index (κ3) is 3.09. The maximum Gasteiger partial charge on any atom is 0.147 e. The molecule has 0 spiro atoms. The van der Waals surface area contributed by atoms with E-state index in [0.717, 1.165) is 17.1 Å². The van der Waals surface area contributed by atoms with Crippen molar-refractivity contribution in [3.8, 4) is 0 Å². The summed E-state index contributed by atoms with van der Waals surface area (Å²) in [6.07, 6.45) is 1.74. The van der Waals surface area contributed by atoms with Gasteiger partial charge in [0.1, 0.15) is 5.82 Å². The van der Waals surface area contributed by atoms with Crippen LogP contribution in [0.25, 0.3) is 0 Å². The molecule has 0 saturated heterocycles. The van der Waals surface area contributed by atoms with Gasteiger partial charge in [0, 0.05) is 24.5 Å². The molecule has 0 aliphatic rings. The van der Waals surface area contributed by atoms with E-state index in [1.165, 1.54) is 0 Å². The second kappa shape index (κ2) is 5.67. The minimum atomic E-state index is 0.419. The molecule has 2 aromatic heterocycles. The summed E-state index contributed by atoms with van der Waals surface area (Å²) in [6.45, 7) is 0.691. The third-order valence-corrected chi connectivity index (χ3v) is 3.50. The topological polar surface area (TPSA) is 29.0 Å². The van der Waals surface area contributed by atoms with E-state index in [9.17, 15) is 0 Å². The van der Waals surface area contributed by atoms with Gasteiger partial charge in [-0.1, -0.05) is 11.6 Å². The second-order valence-corrected chi connectivity index (χ2v) is 5.01. The molecule has 0 amide bonds. The molecule has 0 aromatic carbocycles. The molecule has 0 unspecified atom stereocenters. The predicted octanol–water partition coefficient (Wildman–Crippen LogP) is 3.57. The van der Waals surface area contributed by atoms with E-state index < -0.39 is 0 Å². The molecule has 0 N–H and O–H groups in total. The maximum absolute atomic E-state index is 6.16. The van der Waals surface area contributed by atoms with E-state index in [4.69, 9.17) is 23.2 Å². The van der Waals surface area contributed by atoms with Crippen LogP contribution in [-0.2, 0) is 12.4 Å². The first-order valence-corrected chi connectivity index (χ1v) is 6.85. The average Bonchev–Trinajstić information content (AvgIpc) is 2.81. The Morgan fingerprint density at radius 1 is 1.41 bits per heavy atom. The van der Waals surface area contributed by atoms with Crippen molar-refractivity contribution < 1.29 is 0 Å². The van der Waals surface area contributed by atoms with Gasteiger partial charge < -0.3 is 4.90 Å². The molecule has 0 aliphatic carbocycles. The zero-order valence-electron chi connectivity index (χ0n) is 9.23. The summed E-state index contributed by atoms with van der Waals surface area (Å²) in [5.41, 5.74) is 3.74. The SMILES string of the molecule is CN(Cc1cscn1)c1ncc(CCl)cc1Cl. The van der Waals surface area contributed by atoms with Crippen molar-refractivity contribution in [1.82, 2.24) is 9.97 Å². The molecule has 3 nitrogen and oxygen atoms in total. The Kier molecular flexibility index (Phi) is 4.20. The van der Waals surface area contributed by atoms with E-state index in [2.05, 4.69) is 9.97 Å². The highest BCUT2D eigenvalue weighted by atomic mass is 35.5. The van der Waals surface area contributed by atoms with Crippen LogP contribution >= 0.6 is 34.5 Å². The fourth-order valence-electron chi connectivity index (χ4n) is 1.46. The van der Waals surface area contributed by atoms with Crippen LogP contribution in [0.4, 0.5) is 5.82 Å². The molecule has 2 rings (SSSR count). The minimum absolute atomic E-state index is 0.419. The molecule has 2 aromatic rings. The molecule has 90 valence electrons. The molecule has 6 heteroatoms. The van der Waals surface area contributed by atoms with Crippen molar-refractivity contribution >= 4 is 40.4 Å².